The number of hydrogen-bond donors (Lipinski definition) is 0. The molecule has 4 aliphatic rings. The molecule has 0 amide bonds. The zero-order valence-corrected chi connectivity index (χ0v) is 65.0. The molecule has 0 bridgehead atoms. The van der Waals surface area contributed by atoms with E-state index in [1.165, 1.54) is 200 Å². The van der Waals surface area contributed by atoms with E-state index in [1.54, 1.807) is 0 Å². The Morgan fingerprint density at radius 1 is 0.213 bits per heavy atom. The lowest BCUT2D eigenvalue weighted by molar-refractivity contribution is 0.591. The van der Waals surface area contributed by atoms with Crippen LogP contribution in [0, 0.1) is 27.7 Å². The molecule has 0 heterocycles. The van der Waals surface area contributed by atoms with Gasteiger partial charge in [-0.1, -0.05) is 270 Å². The van der Waals surface area contributed by atoms with Crippen molar-refractivity contribution in [1.29, 1.82) is 0 Å². The van der Waals surface area contributed by atoms with Crippen LogP contribution in [0.5, 0.6) is 0 Å². The van der Waals surface area contributed by atoms with Crippen molar-refractivity contribution in [2.75, 3.05) is 9.80 Å². The summed E-state index contributed by atoms with van der Waals surface area (Å²) in [5, 5.41) is 4.73. The van der Waals surface area contributed by atoms with Crippen molar-refractivity contribution in [3.63, 3.8) is 0 Å². The van der Waals surface area contributed by atoms with Gasteiger partial charge >= 0.3 is 0 Å². The number of benzene rings is 15. The third-order valence-corrected chi connectivity index (χ3v) is 25.6. The summed E-state index contributed by atoms with van der Waals surface area (Å²) < 4.78 is 0. The molecule has 0 aromatic heterocycles. The van der Waals surface area contributed by atoms with Crippen LogP contribution in [0.4, 0.5) is 34.1 Å². The molecule has 15 aromatic carbocycles. The molecular formula is C106H92N2. The van der Waals surface area contributed by atoms with Crippen LogP contribution in [0.25, 0.3) is 111 Å². The second-order valence-corrected chi connectivity index (χ2v) is 34.7. The Hall–Kier alpha value is -11.6. The summed E-state index contributed by atoms with van der Waals surface area (Å²) in [7, 11) is 0. The highest BCUT2D eigenvalue weighted by Crippen LogP contribution is 2.59. The smallest absolute Gasteiger partial charge is 0.0620 e. The molecule has 0 saturated carbocycles. The summed E-state index contributed by atoms with van der Waals surface area (Å²) >= 11 is 0. The maximum atomic E-state index is 2.59. The van der Waals surface area contributed by atoms with E-state index < -0.39 is 0 Å². The minimum absolute atomic E-state index is 0.0610. The predicted octanol–water partition coefficient (Wildman–Crippen LogP) is 29.4. The van der Waals surface area contributed by atoms with Crippen molar-refractivity contribution < 1.29 is 0 Å². The Kier molecular flexibility index (Phi) is 14.9. The van der Waals surface area contributed by atoms with Gasteiger partial charge in [-0.2, -0.15) is 0 Å². The lowest BCUT2D eigenvalue weighted by Gasteiger charge is -2.35. The summed E-state index contributed by atoms with van der Waals surface area (Å²) in [6.45, 7) is 35.5. The number of rotatable bonds is 10. The molecule has 19 rings (SSSR count). The summed E-state index contributed by atoms with van der Waals surface area (Å²) in [6, 6.07) is 110. The van der Waals surface area contributed by atoms with Gasteiger partial charge in [0.15, 0.2) is 0 Å². The second-order valence-electron chi connectivity index (χ2n) is 34.7. The van der Waals surface area contributed by atoms with Crippen molar-refractivity contribution in [3.05, 3.63) is 357 Å². The van der Waals surface area contributed by atoms with Crippen LogP contribution in [-0.4, -0.2) is 0 Å². The van der Waals surface area contributed by atoms with E-state index in [0.29, 0.717) is 0 Å². The first kappa shape index (κ1) is 67.1. The Morgan fingerprint density at radius 3 is 0.796 bits per heavy atom. The fraction of sp³-hybridized carbons (Fsp3) is 0.189. The Balaban J connectivity index is 0.699. The van der Waals surface area contributed by atoms with Gasteiger partial charge in [-0.05, 0) is 285 Å². The zero-order chi connectivity index (χ0) is 74.4. The number of nitrogens with zero attached hydrogens (tertiary/aromatic N) is 2. The molecule has 0 N–H and O–H groups in total. The van der Waals surface area contributed by atoms with E-state index in [-0.39, 0.29) is 27.1 Å². The van der Waals surface area contributed by atoms with Crippen LogP contribution in [0.1, 0.15) is 148 Å². The molecule has 0 atom stereocenters. The Morgan fingerprint density at radius 2 is 0.472 bits per heavy atom. The number of fused-ring (bicyclic) bond motifs is 14. The zero-order valence-electron chi connectivity index (χ0n) is 65.0. The van der Waals surface area contributed by atoms with Crippen LogP contribution in [0.15, 0.2) is 285 Å². The molecule has 2 nitrogen and oxygen atoms in total. The monoisotopic (exact) mass is 1390 g/mol. The Labute approximate surface area is 638 Å². The minimum Gasteiger partial charge on any atom is -0.309 e. The number of para-hydroxylation sites is 2. The van der Waals surface area contributed by atoms with E-state index in [4.69, 9.17) is 0 Å². The summed E-state index contributed by atoms with van der Waals surface area (Å²) in [5.41, 5.74) is 44.2. The molecular weight excluding hydrogens is 1300 g/mol. The molecule has 0 fully saturated rings. The molecule has 0 unspecified atom stereocenters. The standard InChI is InChI=1S/C106H92N2/c1-63-52-73(71-42-49-84-82-47-40-69(58-94(82)105(12,13)96(84)60-71)67-38-45-80-78-32-24-26-36-90(78)103(8,9)92(80)56-67)53-64(2)98(63)107(76-28-18-16-19-29-76)100-86-34-22-23-35-87(86)101(89-62-75(102(5,6)7)44-51-88(89)100)108(77-30-20-17-21-31-77)99-65(3)54-74(55-66(99)4)72-43-50-85-83-48-41-70(59-95(83)106(14,15)97(85)61-72)68-39-46-81-79-33-25-27-37-91(79)104(10,11)93(81)57-68/h16-62H,1-15H3. The fourth-order valence-corrected chi connectivity index (χ4v) is 19.9. The van der Waals surface area contributed by atoms with E-state index in [2.05, 4.69) is 399 Å². The molecule has 0 spiro atoms. The van der Waals surface area contributed by atoms with Crippen molar-refractivity contribution in [1.82, 2.24) is 0 Å². The van der Waals surface area contributed by atoms with Gasteiger partial charge in [-0.3, -0.25) is 0 Å². The quantitative estimate of drug-likeness (QED) is 0.0995. The van der Waals surface area contributed by atoms with Crippen molar-refractivity contribution >= 4 is 55.7 Å². The fourth-order valence-electron chi connectivity index (χ4n) is 19.9. The van der Waals surface area contributed by atoms with Crippen LogP contribution in [0.2, 0.25) is 0 Å². The lowest BCUT2D eigenvalue weighted by atomic mass is 9.80. The first-order chi connectivity index (χ1) is 51.9. The van der Waals surface area contributed by atoms with Gasteiger partial charge < -0.3 is 9.80 Å². The van der Waals surface area contributed by atoms with Gasteiger partial charge in [0.05, 0.1) is 22.7 Å². The van der Waals surface area contributed by atoms with E-state index in [0.717, 1.165) is 17.1 Å². The molecule has 526 valence electrons. The molecule has 0 aliphatic heterocycles. The lowest BCUT2D eigenvalue weighted by Crippen LogP contribution is -2.18. The van der Waals surface area contributed by atoms with Gasteiger partial charge in [0.25, 0.3) is 0 Å². The topological polar surface area (TPSA) is 6.48 Å². The molecule has 15 aromatic rings. The minimum atomic E-state index is -0.216. The predicted molar refractivity (Wildman–Crippen MR) is 460 cm³/mol. The highest BCUT2D eigenvalue weighted by Gasteiger charge is 2.41. The summed E-state index contributed by atoms with van der Waals surface area (Å²) in [6.07, 6.45) is 0. The number of aryl methyl sites for hydroxylation is 4. The molecule has 108 heavy (non-hydrogen) atoms. The van der Waals surface area contributed by atoms with Crippen LogP contribution >= 0.6 is 0 Å². The number of anilines is 6. The van der Waals surface area contributed by atoms with Gasteiger partial charge in [0.1, 0.15) is 0 Å². The SMILES string of the molecule is Cc1cc(-c2ccc3c(c2)C(C)(C)c2cc(-c4ccc5c(c4)C(C)(C)c4ccccc4-5)ccc2-3)cc(C)c1N(c1ccccc1)c1c2ccccc2c(N(c2ccccc2)c2c(C)cc(-c3ccc4c(c3)C(C)(C)c3cc(-c5ccc6c(c5)C(C)(C)c5ccccc5-6)ccc3-4)cc2C)c2cc(C(C)(C)C)ccc12. The maximum absolute atomic E-state index is 2.59. The highest BCUT2D eigenvalue weighted by molar-refractivity contribution is 6.24. The molecule has 0 saturated heterocycles. The Bertz CT molecular complexity index is 6280. The first-order valence-electron chi connectivity index (χ1n) is 38.9. The van der Waals surface area contributed by atoms with Gasteiger partial charge in [-0.25, -0.2) is 0 Å². The van der Waals surface area contributed by atoms with E-state index >= 15 is 0 Å². The average Bonchev–Trinajstić information content (AvgIpc) is 1.19. The normalized spacial score (nSPS) is 14.7. The molecule has 2 heteroatoms. The van der Waals surface area contributed by atoms with E-state index in [1.807, 2.05) is 0 Å². The van der Waals surface area contributed by atoms with Crippen LogP contribution in [0.3, 0.4) is 0 Å². The molecule has 4 aliphatic carbocycles. The first-order valence-corrected chi connectivity index (χ1v) is 38.9. The maximum Gasteiger partial charge on any atom is 0.0620 e. The highest BCUT2D eigenvalue weighted by atomic mass is 15.2. The average molecular weight is 1390 g/mol. The third-order valence-electron chi connectivity index (χ3n) is 25.6. The van der Waals surface area contributed by atoms with Crippen molar-refractivity contribution in [3.8, 4) is 89.0 Å². The summed E-state index contributed by atoms with van der Waals surface area (Å²) in [4.78, 5) is 5.18. The third kappa shape index (κ3) is 10.0. The van der Waals surface area contributed by atoms with E-state index in [9.17, 15) is 0 Å². The van der Waals surface area contributed by atoms with Gasteiger partial charge in [0.2, 0.25) is 0 Å². The largest absolute Gasteiger partial charge is 0.309 e. The second kappa shape index (κ2) is 24.0. The van der Waals surface area contributed by atoms with Crippen molar-refractivity contribution in [2.45, 2.75) is 131 Å². The van der Waals surface area contributed by atoms with Crippen LogP contribution < -0.4 is 9.80 Å². The van der Waals surface area contributed by atoms with Gasteiger partial charge in [-0.15, -0.1) is 0 Å². The van der Waals surface area contributed by atoms with Crippen LogP contribution in [-0.2, 0) is 27.1 Å². The summed E-state index contributed by atoms with van der Waals surface area (Å²) in [5.74, 6) is 0. The van der Waals surface area contributed by atoms with Gasteiger partial charge in [0, 0.05) is 54.6 Å². The van der Waals surface area contributed by atoms with Crippen molar-refractivity contribution in [2.24, 2.45) is 0 Å². The molecule has 0 radical (unpaired) electrons. The number of hydrogen-bond acceptors (Lipinski definition) is 2.